The molecule has 2 aromatic rings. The first kappa shape index (κ1) is 12.7. The van der Waals surface area contributed by atoms with E-state index in [1.165, 1.54) is 24.7 Å². The Balaban J connectivity index is 1.99. The normalized spacial score (nSPS) is 12.1. The second-order valence-corrected chi connectivity index (χ2v) is 4.77. The number of hydrogen-bond acceptors (Lipinski definition) is 5. The minimum atomic E-state index is -0.767. The maximum absolute atomic E-state index is 10.9. The third-order valence-electron chi connectivity index (χ3n) is 2.36. The zero-order valence-electron chi connectivity index (χ0n) is 9.75. The molecular formula is C12H13NO4S. The van der Waals surface area contributed by atoms with Crippen LogP contribution in [0.2, 0.25) is 0 Å². The fourth-order valence-electron chi connectivity index (χ4n) is 1.45. The van der Waals surface area contributed by atoms with E-state index >= 15 is 0 Å². The predicted octanol–water partition coefficient (Wildman–Crippen LogP) is 2.28. The van der Waals surface area contributed by atoms with Gasteiger partial charge in [0, 0.05) is 9.75 Å². The van der Waals surface area contributed by atoms with Crippen molar-refractivity contribution in [3.63, 3.8) is 0 Å². The zero-order chi connectivity index (χ0) is 13.0. The number of nitrogens with one attached hydrogen (secondary N) is 1. The van der Waals surface area contributed by atoms with E-state index in [9.17, 15) is 9.90 Å². The molecule has 18 heavy (non-hydrogen) atoms. The molecule has 2 rings (SSSR count). The van der Waals surface area contributed by atoms with E-state index in [1.54, 1.807) is 12.1 Å². The van der Waals surface area contributed by atoms with Crippen molar-refractivity contribution in [1.82, 2.24) is 5.32 Å². The Labute approximate surface area is 108 Å². The Bertz CT molecular complexity index is 506. The maximum atomic E-state index is 10.9. The molecule has 0 spiro atoms. The van der Waals surface area contributed by atoms with Gasteiger partial charge in [-0.3, -0.25) is 0 Å². The van der Waals surface area contributed by atoms with Crippen LogP contribution in [0.1, 0.15) is 21.6 Å². The lowest BCUT2D eigenvalue weighted by Gasteiger charge is -2.04. The molecule has 0 aliphatic heterocycles. The molecule has 0 bridgehead atoms. The summed E-state index contributed by atoms with van der Waals surface area (Å²) in [5.41, 5.74) is 0. The van der Waals surface area contributed by atoms with Crippen LogP contribution in [0.5, 0.6) is 0 Å². The van der Waals surface area contributed by atoms with Crippen molar-refractivity contribution in [2.45, 2.75) is 12.6 Å². The van der Waals surface area contributed by atoms with Gasteiger partial charge in [-0.1, -0.05) is 0 Å². The smallest absolute Gasteiger partial charge is 0.407 e. The fourth-order valence-corrected chi connectivity index (χ4v) is 2.40. The lowest BCUT2D eigenvalue weighted by atomic mass is 10.2. The quantitative estimate of drug-likeness (QED) is 0.891. The average Bonchev–Trinajstić information content (AvgIpc) is 3.05. The van der Waals surface area contributed by atoms with Crippen LogP contribution in [-0.4, -0.2) is 18.3 Å². The van der Waals surface area contributed by atoms with Crippen LogP contribution in [0.4, 0.5) is 4.79 Å². The van der Waals surface area contributed by atoms with E-state index in [-0.39, 0.29) is 0 Å². The zero-order valence-corrected chi connectivity index (χ0v) is 10.6. The van der Waals surface area contributed by atoms with Crippen LogP contribution < -0.4 is 5.32 Å². The van der Waals surface area contributed by atoms with E-state index in [4.69, 9.17) is 4.42 Å². The summed E-state index contributed by atoms with van der Waals surface area (Å²) in [7, 11) is 1.32. The van der Waals surface area contributed by atoms with Gasteiger partial charge < -0.3 is 19.6 Å². The van der Waals surface area contributed by atoms with E-state index in [0.29, 0.717) is 12.3 Å². The number of hydrogen-bond donors (Lipinski definition) is 2. The van der Waals surface area contributed by atoms with Gasteiger partial charge in [0.2, 0.25) is 0 Å². The Morgan fingerprint density at radius 3 is 3.06 bits per heavy atom. The first-order valence-corrected chi connectivity index (χ1v) is 6.14. The number of alkyl carbamates (subject to hydrolysis) is 1. The van der Waals surface area contributed by atoms with Gasteiger partial charge >= 0.3 is 6.09 Å². The third-order valence-corrected chi connectivity index (χ3v) is 3.49. The third kappa shape index (κ3) is 2.91. The van der Waals surface area contributed by atoms with Crippen LogP contribution in [0, 0.1) is 0 Å². The molecule has 0 saturated heterocycles. The van der Waals surface area contributed by atoms with Crippen molar-refractivity contribution >= 4 is 17.4 Å². The highest BCUT2D eigenvalue weighted by molar-refractivity contribution is 7.12. The maximum Gasteiger partial charge on any atom is 0.407 e. The van der Waals surface area contributed by atoms with Gasteiger partial charge in [0.25, 0.3) is 0 Å². The van der Waals surface area contributed by atoms with Gasteiger partial charge in [0.1, 0.15) is 11.9 Å². The number of thiophene rings is 1. The van der Waals surface area contributed by atoms with Gasteiger partial charge in [-0.2, -0.15) is 0 Å². The monoisotopic (exact) mass is 267 g/mol. The molecule has 0 radical (unpaired) electrons. The summed E-state index contributed by atoms with van der Waals surface area (Å²) in [6.45, 7) is 0.377. The summed E-state index contributed by atoms with van der Waals surface area (Å²) in [6, 6.07) is 7.11. The van der Waals surface area contributed by atoms with Gasteiger partial charge in [-0.15, -0.1) is 11.3 Å². The highest BCUT2D eigenvalue weighted by atomic mass is 32.1. The molecule has 2 aromatic heterocycles. The first-order valence-electron chi connectivity index (χ1n) is 5.32. The molecule has 0 aliphatic carbocycles. The average molecular weight is 267 g/mol. The highest BCUT2D eigenvalue weighted by Gasteiger charge is 2.15. The molecule has 0 aliphatic rings. The van der Waals surface area contributed by atoms with E-state index < -0.39 is 12.2 Å². The van der Waals surface area contributed by atoms with Crippen molar-refractivity contribution in [1.29, 1.82) is 0 Å². The summed E-state index contributed by atoms with van der Waals surface area (Å²) in [6.07, 6.45) is 0.278. The number of ether oxygens (including phenoxy) is 1. The second kappa shape index (κ2) is 5.70. The summed E-state index contributed by atoms with van der Waals surface area (Å²) < 4.78 is 9.62. The summed E-state index contributed by atoms with van der Waals surface area (Å²) >= 11 is 1.41. The molecule has 1 atom stereocenters. The van der Waals surface area contributed by atoms with Gasteiger partial charge in [-0.25, -0.2) is 4.79 Å². The van der Waals surface area contributed by atoms with Crippen LogP contribution in [0.3, 0.4) is 0 Å². The summed E-state index contributed by atoms with van der Waals surface area (Å²) in [4.78, 5) is 12.6. The molecule has 0 saturated carbocycles. The van der Waals surface area contributed by atoms with Crippen LogP contribution in [-0.2, 0) is 11.3 Å². The Morgan fingerprint density at radius 1 is 1.56 bits per heavy atom. The summed E-state index contributed by atoms with van der Waals surface area (Å²) in [5.74, 6) is 0.504. The van der Waals surface area contributed by atoms with Gasteiger partial charge in [0.05, 0.1) is 19.9 Å². The van der Waals surface area contributed by atoms with Crippen molar-refractivity contribution in [2.24, 2.45) is 0 Å². The fraction of sp³-hybridized carbons (Fsp3) is 0.250. The standard InChI is InChI=1S/C12H13NO4S/c1-16-12(15)13-7-8-4-5-10(18-8)11(14)9-3-2-6-17-9/h2-6,11,14H,7H2,1H3,(H,13,15). The number of rotatable bonds is 4. The molecule has 1 unspecified atom stereocenters. The number of aliphatic hydroxyl groups excluding tert-OH is 1. The minimum Gasteiger partial charge on any atom is -0.466 e. The number of methoxy groups -OCH3 is 1. The van der Waals surface area contributed by atoms with Crippen molar-refractivity contribution in [2.75, 3.05) is 7.11 Å². The molecule has 96 valence electrons. The highest BCUT2D eigenvalue weighted by Crippen LogP contribution is 2.28. The van der Waals surface area contributed by atoms with E-state index in [2.05, 4.69) is 10.1 Å². The lowest BCUT2D eigenvalue weighted by molar-refractivity contribution is 0.170. The Morgan fingerprint density at radius 2 is 2.39 bits per heavy atom. The molecule has 0 fully saturated rings. The van der Waals surface area contributed by atoms with Gasteiger partial charge in [-0.05, 0) is 24.3 Å². The van der Waals surface area contributed by atoms with Crippen LogP contribution in [0.25, 0.3) is 0 Å². The van der Waals surface area contributed by atoms with Crippen LogP contribution in [0.15, 0.2) is 34.9 Å². The van der Waals surface area contributed by atoms with Crippen molar-refractivity contribution in [3.8, 4) is 0 Å². The predicted molar refractivity (Wildman–Crippen MR) is 66.3 cm³/mol. The number of carbonyl (C=O) groups excluding carboxylic acids is 1. The largest absolute Gasteiger partial charge is 0.466 e. The number of carbonyl (C=O) groups is 1. The SMILES string of the molecule is COC(=O)NCc1ccc(C(O)c2ccco2)s1. The van der Waals surface area contributed by atoms with Gasteiger partial charge in [0.15, 0.2) is 0 Å². The lowest BCUT2D eigenvalue weighted by Crippen LogP contribution is -2.21. The number of aliphatic hydroxyl groups is 1. The first-order chi connectivity index (χ1) is 8.70. The molecule has 0 aromatic carbocycles. The Kier molecular flexibility index (Phi) is 4.01. The van der Waals surface area contributed by atoms with Crippen LogP contribution >= 0.6 is 11.3 Å². The number of amides is 1. The van der Waals surface area contributed by atoms with Crippen molar-refractivity contribution < 1.29 is 19.1 Å². The van der Waals surface area contributed by atoms with Crippen molar-refractivity contribution in [3.05, 3.63) is 46.0 Å². The second-order valence-electron chi connectivity index (χ2n) is 3.57. The molecule has 6 heteroatoms. The van der Waals surface area contributed by atoms with E-state index in [1.807, 2.05) is 12.1 Å². The molecule has 5 nitrogen and oxygen atoms in total. The molecular weight excluding hydrogens is 254 g/mol. The minimum absolute atomic E-state index is 0.377. The topological polar surface area (TPSA) is 71.7 Å². The van der Waals surface area contributed by atoms with E-state index in [0.717, 1.165) is 9.75 Å². The Hall–Kier alpha value is -1.79. The number of furan rings is 1. The summed E-state index contributed by atoms with van der Waals surface area (Å²) in [5, 5.41) is 12.6. The molecule has 2 N–H and O–H groups in total. The molecule has 2 heterocycles. The molecule has 1 amide bonds.